The van der Waals surface area contributed by atoms with Crippen LogP contribution in [0.25, 0.3) is 10.9 Å². The van der Waals surface area contributed by atoms with Crippen LogP contribution in [0.2, 0.25) is 0 Å². The summed E-state index contributed by atoms with van der Waals surface area (Å²) in [6.45, 7) is 0.374. The average molecular weight is 568 g/mol. The highest BCUT2D eigenvalue weighted by atomic mass is 19.4. The van der Waals surface area contributed by atoms with E-state index in [0.29, 0.717) is 18.7 Å². The van der Waals surface area contributed by atoms with Gasteiger partial charge in [0.15, 0.2) is 0 Å². The summed E-state index contributed by atoms with van der Waals surface area (Å²) in [5.41, 5.74) is 1.73. The minimum absolute atomic E-state index is 0.0300. The van der Waals surface area contributed by atoms with Crippen molar-refractivity contribution in [2.24, 2.45) is 0 Å². The van der Waals surface area contributed by atoms with Gasteiger partial charge >= 0.3 is 6.18 Å². The lowest BCUT2D eigenvalue weighted by Gasteiger charge is -2.28. The zero-order valence-corrected chi connectivity index (χ0v) is 22.9. The number of carbonyl (C=O) groups excluding carboxylic acids is 2. The summed E-state index contributed by atoms with van der Waals surface area (Å²) in [5.74, 6) is -0.420. The van der Waals surface area contributed by atoms with Gasteiger partial charge in [0.05, 0.1) is 19.3 Å². The number of halogens is 3. The number of methoxy groups -OCH3 is 2. The number of aromatic nitrogens is 1. The van der Waals surface area contributed by atoms with E-state index in [1.165, 1.54) is 24.1 Å². The van der Waals surface area contributed by atoms with E-state index < -0.39 is 17.6 Å². The normalized spacial score (nSPS) is 11.4. The Morgan fingerprint density at radius 1 is 0.878 bits per heavy atom. The first-order valence-electron chi connectivity index (χ1n) is 13.1. The number of ether oxygens (including phenoxy) is 2. The first-order chi connectivity index (χ1) is 19.7. The number of alkyl halides is 3. The zero-order valence-electron chi connectivity index (χ0n) is 22.9. The molecule has 0 aliphatic carbocycles. The quantitative estimate of drug-likeness (QED) is 0.244. The third kappa shape index (κ3) is 7.46. The van der Waals surface area contributed by atoms with E-state index in [0.717, 1.165) is 34.2 Å². The second-order valence-electron chi connectivity index (χ2n) is 9.53. The molecule has 4 rings (SSSR count). The molecule has 1 N–H and O–H groups in total. The molecular weight excluding hydrogens is 535 g/mol. The molecule has 41 heavy (non-hydrogen) atoms. The van der Waals surface area contributed by atoms with Crippen molar-refractivity contribution in [1.29, 1.82) is 0 Å². The maximum Gasteiger partial charge on any atom is 0.416 e. The van der Waals surface area contributed by atoms with E-state index in [-0.39, 0.29) is 37.7 Å². The van der Waals surface area contributed by atoms with Crippen LogP contribution in [0.5, 0.6) is 5.75 Å². The summed E-state index contributed by atoms with van der Waals surface area (Å²) >= 11 is 0. The largest absolute Gasteiger partial charge is 0.496 e. The maximum absolute atomic E-state index is 13.8. The fourth-order valence-electron chi connectivity index (χ4n) is 4.65. The van der Waals surface area contributed by atoms with Crippen molar-refractivity contribution < 1.29 is 32.2 Å². The summed E-state index contributed by atoms with van der Waals surface area (Å²) < 4.78 is 50.5. The van der Waals surface area contributed by atoms with Crippen molar-refractivity contribution in [2.75, 3.05) is 40.5 Å². The van der Waals surface area contributed by atoms with Gasteiger partial charge in [-0.1, -0.05) is 42.5 Å². The number of hydrogen-bond donors (Lipinski definition) is 1. The van der Waals surface area contributed by atoms with Crippen LogP contribution in [0.4, 0.5) is 13.2 Å². The van der Waals surface area contributed by atoms with E-state index in [2.05, 4.69) is 4.98 Å². The van der Waals surface area contributed by atoms with E-state index >= 15 is 0 Å². The molecule has 0 saturated carbocycles. The van der Waals surface area contributed by atoms with Gasteiger partial charge in [-0.05, 0) is 42.3 Å². The first kappa shape index (κ1) is 29.7. The molecule has 0 bridgehead atoms. The number of aromatic amines is 1. The van der Waals surface area contributed by atoms with E-state index in [4.69, 9.17) is 9.47 Å². The lowest BCUT2D eigenvalue weighted by molar-refractivity contribution is -0.137. The zero-order chi connectivity index (χ0) is 29.4. The second kappa shape index (κ2) is 13.4. The molecule has 1 heterocycles. The van der Waals surface area contributed by atoms with Crippen molar-refractivity contribution in [3.8, 4) is 5.75 Å². The minimum atomic E-state index is -4.60. The Bertz CT molecular complexity index is 1480. The van der Waals surface area contributed by atoms with Gasteiger partial charge in [-0.2, -0.15) is 13.2 Å². The van der Waals surface area contributed by atoms with Crippen molar-refractivity contribution in [3.05, 3.63) is 101 Å². The fraction of sp³-hybridized carbons (Fsp3) is 0.290. The van der Waals surface area contributed by atoms with Gasteiger partial charge < -0.3 is 24.3 Å². The van der Waals surface area contributed by atoms with Crippen molar-refractivity contribution in [3.63, 3.8) is 0 Å². The van der Waals surface area contributed by atoms with Gasteiger partial charge in [-0.3, -0.25) is 9.59 Å². The topological polar surface area (TPSA) is 74.9 Å². The van der Waals surface area contributed by atoms with Crippen LogP contribution < -0.4 is 4.74 Å². The molecule has 3 aromatic carbocycles. The SMILES string of the molecule is COCCN(CC(=O)N(CCc1c[nH]c2ccccc12)Cc1ccccc1OC)C(=O)c1cccc(C(F)(F)F)c1. The Balaban J connectivity index is 1.59. The van der Waals surface area contributed by atoms with E-state index in [9.17, 15) is 22.8 Å². The first-order valence-corrected chi connectivity index (χ1v) is 13.1. The van der Waals surface area contributed by atoms with Crippen LogP contribution >= 0.6 is 0 Å². The lowest BCUT2D eigenvalue weighted by atomic mass is 10.1. The van der Waals surface area contributed by atoms with Crippen LogP contribution in [0.3, 0.4) is 0 Å². The predicted octanol–water partition coefficient (Wildman–Crippen LogP) is 5.56. The molecule has 0 saturated heterocycles. The van der Waals surface area contributed by atoms with Crippen LogP contribution in [-0.4, -0.2) is 67.1 Å². The second-order valence-corrected chi connectivity index (χ2v) is 9.53. The third-order valence-corrected chi connectivity index (χ3v) is 6.85. The molecule has 1 aromatic heterocycles. The van der Waals surface area contributed by atoms with Crippen LogP contribution in [0.15, 0.2) is 79.0 Å². The fourth-order valence-corrected chi connectivity index (χ4v) is 4.65. The average Bonchev–Trinajstić information content (AvgIpc) is 3.39. The van der Waals surface area contributed by atoms with Gasteiger partial charge in [0.1, 0.15) is 12.3 Å². The molecule has 0 fully saturated rings. The Labute approximate surface area is 236 Å². The highest BCUT2D eigenvalue weighted by Gasteiger charge is 2.32. The summed E-state index contributed by atoms with van der Waals surface area (Å²) in [7, 11) is 3.00. The third-order valence-electron chi connectivity index (χ3n) is 6.85. The Morgan fingerprint density at radius 3 is 2.39 bits per heavy atom. The molecule has 2 amide bonds. The van der Waals surface area contributed by atoms with Crippen molar-refractivity contribution >= 4 is 22.7 Å². The summed E-state index contributed by atoms with van der Waals surface area (Å²) in [6.07, 6.45) is -2.14. The number of nitrogens with zero attached hydrogens (tertiary/aromatic N) is 2. The molecule has 0 aliphatic heterocycles. The Hall–Kier alpha value is -4.31. The molecule has 216 valence electrons. The number of para-hydroxylation sites is 2. The number of hydrogen-bond acceptors (Lipinski definition) is 4. The molecular formula is C31H32F3N3O4. The van der Waals surface area contributed by atoms with Crippen molar-refractivity contribution in [2.45, 2.75) is 19.1 Å². The summed E-state index contributed by atoms with van der Waals surface area (Å²) in [6, 6.07) is 19.4. The van der Waals surface area contributed by atoms with E-state index in [1.807, 2.05) is 48.7 Å². The van der Waals surface area contributed by atoms with Gasteiger partial charge in [-0.25, -0.2) is 0 Å². The van der Waals surface area contributed by atoms with Crippen LogP contribution in [0, 0.1) is 0 Å². The minimum Gasteiger partial charge on any atom is -0.496 e. The van der Waals surface area contributed by atoms with Crippen LogP contribution in [-0.2, 0) is 28.7 Å². The Kier molecular flexibility index (Phi) is 9.67. The number of carbonyl (C=O) groups is 2. The smallest absolute Gasteiger partial charge is 0.416 e. The standard InChI is InChI=1S/C31H32F3N3O4/c1-40-17-16-37(30(39)22-9-7-10-25(18-22)31(32,33)34)21-29(38)36(20-24-8-3-6-13-28(24)41-2)15-14-23-19-35-27-12-5-4-11-26(23)27/h3-13,18-19,35H,14-17,20-21H2,1-2H3. The molecule has 0 radical (unpaired) electrons. The number of amides is 2. The highest BCUT2D eigenvalue weighted by Crippen LogP contribution is 2.30. The van der Waals surface area contributed by atoms with Gasteiger partial charge in [-0.15, -0.1) is 0 Å². The predicted molar refractivity (Wildman–Crippen MR) is 150 cm³/mol. The summed E-state index contributed by atoms with van der Waals surface area (Å²) in [4.78, 5) is 33.2. The highest BCUT2D eigenvalue weighted by molar-refractivity contribution is 5.96. The number of fused-ring (bicyclic) bond motifs is 1. The monoisotopic (exact) mass is 567 g/mol. The molecule has 0 spiro atoms. The molecule has 10 heteroatoms. The number of benzene rings is 3. The van der Waals surface area contributed by atoms with Gasteiger partial charge in [0.2, 0.25) is 5.91 Å². The van der Waals surface area contributed by atoms with Gasteiger partial charge in [0, 0.05) is 55.0 Å². The number of nitrogens with one attached hydrogen (secondary N) is 1. The number of rotatable bonds is 12. The van der Waals surface area contributed by atoms with Crippen molar-refractivity contribution in [1.82, 2.24) is 14.8 Å². The molecule has 0 aliphatic rings. The molecule has 0 unspecified atom stereocenters. The van der Waals surface area contributed by atoms with E-state index in [1.54, 1.807) is 18.1 Å². The summed E-state index contributed by atoms with van der Waals surface area (Å²) in [5, 5.41) is 1.05. The molecule has 0 atom stereocenters. The Morgan fingerprint density at radius 2 is 1.63 bits per heavy atom. The number of H-pyrrole nitrogens is 1. The molecule has 4 aromatic rings. The lowest BCUT2D eigenvalue weighted by Crippen LogP contribution is -2.44. The van der Waals surface area contributed by atoms with Crippen LogP contribution in [0.1, 0.15) is 27.0 Å². The molecule has 7 nitrogen and oxygen atoms in total. The van der Waals surface area contributed by atoms with Gasteiger partial charge in [0.25, 0.3) is 5.91 Å². The maximum atomic E-state index is 13.8.